The van der Waals surface area contributed by atoms with Crippen LogP contribution in [0.3, 0.4) is 0 Å². The van der Waals surface area contributed by atoms with Gasteiger partial charge in [0.05, 0.1) is 23.7 Å². The molecule has 0 saturated heterocycles. The summed E-state index contributed by atoms with van der Waals surface area (Å²) in [6.07, 6.45) is 0.170. The molecule has 0 radical (unpaired) electrons. The average molecular weight is 379 g/mol. The van der Waals surface area contributed by atoms with E-state index in [2.05, 4.69) is 10.3 Å². The number of carbonyl (C=O) groups is 2. The van der Waals surface area contributed by atoms with Crippen molar-refractivity contribution in [3.05, 3.63) is 52.0 Å². The van der Waals surface area contributed by atoms with Gasteiger partial charge in [0, 0.05) is 16.9 Å². The van der Waals surface area contributed by atoms with Crippen LogP contribution in [-0.2, 0) is 26.5 Å². The number of nitrogens with zero attached hydrogens (tertiary/aromatic N) is 1. The zero-order valence-electron chi connectivity index (χ0n) is 14.4. The number of rotatable bonds is 9. The van der Waals surface area contributed by atoms with Crippen LogP contribution in [0.15, 0.2) is 35.7 Å². The van der Waals surface area contributed by atoms with Gasteiger partial charge in [-0.1, -0.05) is 30.3 Å². The maximum Gasteiger partial charge on any atom is 0.329 e. The number of benzene rings is 1. The number of carbonyl (C=O) groups excluding carboxylic acids is 2. The lowest BCUT2D eigenvalue weighted by atomic mass is 10.2. The van der Waals surface area contributed by atoms with Crippen LogP contribution in [0.25, 0.3) is 0 Å². The van der Waals surface area contributed by atoms with Crippen molar-refractivity contribution in [2.45, 2.75) is 32.1 Å². The quantitative estimate of drug-likeness (QED) is 0.680. The molecule has 0 aliphatic heterocycles. The van der Waals surface area contributed by atoms with Gasteiger partial charge in [0.1, 0.15) is 6.04 Å². The topological polar surface area (TPSA) is 68.3 Å². The molecule has 2 aromatic rings. The van der Waals surface area contributed by atoms with Crippen molar-refractivity contribution in [2.24, 2.45) is 0 Å². The smallest absolute Gasteiger partial charge is 0.329 e. The van der Waals surface area contributed by atoms with Crippen LogP contribution >= 0.6 is 23.1 Å². The molecule has 1 aromatic heterocycles. The van der Waals surface area contributed by atoms with Crippen LogP contribution in [0.5, 0.6) is 0 Å². The molecule has 0 bridgehead atoms. The van der Waals surface area contributed by atoms with E-state index in [4.69, 9.17) is 4.74 Å². The van der Waals surface area contributed by atoms with Crippen molar-refractivity contribution in [2.75, 3.05) is 12.4 Å². The first-order valence-corrected chi connectivity index (χ1v) is 10.1. The Labute approximate surface area is 156 Å². The Morgan fingerprint density at radius 1 is 1.32 bits per heavy atom. The highest BCUT2D eigenvalue weighted by atomic mass is 32.2. The van der Waals surface area contributed by atoms with E-state index in [1.807, 2.05) is 42.6 Å². The molecule has 0 fully saturated rings. The van der Waals surface area contributed by atoms with Crippen molar-refractivity contribution in [1.82, 2.24) is 10.3 Å². The molecule has 0 saturated carbocycles. The number of ether oxygens (including phenoxy) is 1. The van der Waals surface area contributed by atoms with E-state index in [0.29, 0.717) is 12.4 Å². The van der Waals surface area contributed by atoms with Gasteiger partial charge >= 0.3 is 5.97 Å². The summed E-state index contributed by atoms with van der Waals surface area (Å²) in [7, 11) is 0. The maximum atomic E-state index is 12.2. The molecule has 2 rings (SSSR count). The summed E-state index contributed by atoms with van der Waals surface area (Å²) in [4.78, 5) is 28.6. The summed E-state index contributed by atoms with van der Waals surface area (Å²) in [5.41, 5.74) is 1.90. The Bertz CT molecular complexity index is 689. The Kier molecular flexibility index (Phi) is 7.94. The third kappa shape index (κ3) is 6.88. The highest BCUT2D eigenvalue weighted by molar-refractivity contribution is 7.98. The predicted molar refractivity (Wildman–Crippen MR) is 102 cm³/mol. The number of hydrogen-bond donors (Lipinski definition) is 1. The van der Waals surface area contributed by atoms with Crippen molar-refractivity contribution >= 4 is 35.0 Å². The second-order valence-electron chi connectivity index (χ2n) is 5.41. The molecule has 1 amide bonds. The molecule has 1 aromatic carbocycles. The number of nitrogens with one attached hydrogen (secondary N) is 1. The lowest BCUT2D eigenvalue weighted by Crippen LogP contribution is -2.44. The molecule has 1 N–H and O–H groups in total. The van der Waals surface area contributed by atoms with E-state index >= 15 is 0 Å². The minimum absolute atomic E-state index is 0.170. The van der Waals surface area contributed by atoms with Crippen molar-refractivity contribution < 1.29 is 14.3 Å². The highest BCUT2D eigenvalue weighted by Gasteiger charge is 2.22. The number of hydrogen-bond acceptors (Lipinski definition) is 6. The molecule has 1 atom stereocenters. The SMILES string of the molecule is CCOC(=O)C(CSCc1ccccc1)NC(=O)Cc1csc(C)n1. The van der Waals surface area contributed by atoms with E-state index < -0.39 is 12.0 Å². The highest BCUT2D eigenvalue weighted by Crippen LogP contribution is 2.14. The first-order valence-electron chi connectivity index (χ1n) is 8.07. The third-order valence-corrected chi connectivity index (χ3v) is 5.24. The number of thioether (sulfide) groups is 1. The van der Waals surface area contributed by atoms with Crippen molar-refractivity contribution in [3.8, 4) is 0 Å². The largest absolute Gasteiger partial charge is 0.464 e. The molecule has 5 nitrogen and oxygen atoms in total. The summed E-state index contributed by atoms with van der Waals surface area (Å²) in [6, 6.07) is 9.36. The van der Waals surface area contributed by atoms with Crippen LogP contribution in [0.2, 0.25) is 0 Å². The van der Waals surface area contributed by atoms with Gasteiger partial charge in [-0.05, 0) is 19.4 Å². The van der Waals surface area contributed by atoms with Crippen LogP contribution < -0.4 is 5.32 Å². The molecule has 1 heterocycles. The zero-order chi connectivity index (χ0) is 18.1. The van der Waals surface area contributed by atoms with E-state index in [-0.39, 0.29) is 12.3 Å². The normalized spacial score (nSPS) is 11.8. The first kappa shape index (κ1) is 19.5. The predicted octanol–water partition coefficient (Wildman–Crippen LogP) is 2.98. The maximum absolute atomic E-state index is 12.2. The van der Waals surface area contributed by atoms with E-state index in [0.717, 1.165) is 16.5 Å². The Hall–Kier alpha value is -1.86. The Morgan fingerprint density at radius 3 is 2.72 bits per heavy atom. The fourth-order valence-corrected chi connectivity index (χ4v) is 3.79. The minimum Gasteiger partial charge on any atom is -0.464 e. The van der Waals surface area contributed by atoms with Crippen molar-refractivity contribution in [1.29, 1.82) is 0 Å². The molecule has 1 unspecified atom stereocenters. The summed E-state index contributed by atoms with van der Waals surface area (Å²) >= 11 is 3.10. The van der Waals surface area contributed by atoms with Gasteiger partial charge in [0.15, 0.2) is 0 Å². The van der Waals surface area contributed by atoms with Gasteiger partial charge in [0.2, 0.25) is 5.91 Å². The first-order chi connectivity index (χ1) is 12.1. The van der Waals surface area contributed by atoms with Crippen molar-refractivity contribution in [3.63, 3.8) is 0 Å². The van der Waals surface area contributed by atoms with E-state index in [9.17, 15) is 9.59 Å². The standard InChI is InChI=1S/C18H22N2O3S2/c1-3-23-18(22)16(12-24-10-14-7-5-4-6-8-14)20-17(21)9-15-11-25-13(2)19-15/h4-8,11,16H,3,9-10,12H2,1-2H3,(H,20,21). The lowest BCUT2D eigenvalue weighted by molar-refractivity contribution is -0.146. The van der Waals surface area contributed by atoms with Crippen LogP contribution in [0.1, 0.15) is 23.2 Å². The fraction of sp³-hybridized carbons (Fsp3) is 0.389. The Balaban J connectivity index is 1.88. The molecule has 0 aliphatic rings. The monoisotopic (exact) mass is 378 g/mol. The van der Waals surface area contributed by atoms with Gasteiger partial charge in [-0.25, -0.2) is 9.78 Å². The summed E-state index contributed by atoms with van der Waals surface area (Å²) in [6.45, 7) is 3.94. The summed E-state index contributed by atoms with van der Waals surface area (Å²) < 4.78 is 5.08. The molecule has 0 spiro atoms. The van der Waals surface area contributed by atoms with Gasteiger partial charge in [0.25, 0.3) is 0 Å². The van der Waals surface area contributed by atoms with Crippen LogP contribution in [-0.4, -0.2) is 35.3 Å². The second kappa shape index (κ2) is 10.2. The average Bonchev–Trinajstić information content (AvgIpc) is 3.00. The molecular weight excluding hydrogens is 356 g/mol. The third-order valence-electron chi connectivity index (χ3n) is 3.31. The number of aryl methyl sites for hydroxylation is 1. The second-order valence-corrected chi connectivity index (χ2v) is 7.50. The van der Waals surface area contributed by atoms with E-state index in [1.165, 1.54) is 16.9 Å². The minimum atomic E-state index is -0.652. The molecule has 7 heteroatoms. The number of amides is 1. The van der Waals surface area contributed by atoms with Gasteiger partial charge < -0.3 is 10.1 Å². The summed E-state index contributed by atoms with van der Waals surface area (Å²) in [5.74, 6) is 0.627. The van der Waals surface area contributed by atoms with Gasteiger partial charge in [-0.2, -0.15) is 11.8 Å². The number of esters is 1. The van der Waals surface area contributed by atoms with Gasteiger partial charge in [-0.15, -0.1) is 11.3 Å². The van der Waals surface area contributed by atoms with Crippen LogP contribution in [0.4, 0.5) is 0 Å². The van der Waals surface area contributed by atoms with Crippen LogP contribution in [0, 0.1) is 6.92 Å². The van der Waals surface area contributed by atoms with E-state index in [1.54, 1.807) is 18.7 Å². The number of aromatic nitrogens is 1. The Morgan fingerprint density at radius 2 is 2.08 bits per heavy atom. The molecule has 134 valence electrons. The molecular formula is C18H22N2O3S2. The lowest BCUT2D eigenvalue weighted by Gasteiger charge is -2.17. The van der Waals surface area contributed by atoms with Gasteiger partial charge in [-0.3, -0.25) is 4.79 Å². The fourth-order valence-electron chi connectivity index (χ4n) is 2.18. The summed E-state index contributed by atoms with van der Waals surface area (Å²) in [5, 5.41) is 5.56. The number of thiazole rings is 1. The zero-order valence-corrected chi connectivity index (χ0v) is 16.0. The molecule has 25 heavy (non-hydrogen) atoms. The molecule has 0 aliphatic carbocycles.